The standard InChI is InChI=1S/C8H11N3O/c1-12-8-5-9-4-7(11-8)6-2-3-10-6/h4-6,10H,2-3H2,1H3. The van der Waals surface area contributed by atoms with Gasteiger partial charge in [0.15, 0.2) is 0 Å². The van der Waals surface area contributed by atoms with Gasteiger partial charge < -0.3 is 10.1 Å². The highest BCUT2D eigenvalue weighted by Gasteiger charge is 2.20. The Bertz CT molecular complexity index is 273. The van der Waals surface area contributed by atoms with Gasteiger partial charge in [0.1, 0.15) is 0 Å². The third kappa shape index (κ3) is 1.25. The molecule has 1 unspecified atom stereocenters. The first kappa shape index (κ1) is 7.49. The summed E-state index contributed by atoms with van der Waals surface area (Å²) in [6.07, 6.45) is 4.53. The van der Waals surface area contributed by atoms with Gasteiger partial charge in [-0.3, -0.25) is 4.98 Å². The van der Waals surface area contributed by atoms with E-state index in [2.05, 4.69) is 15.3 Å². The highest BCUT2D eigenvalue weighted by molar-refractivity contribution is 5.13. The second-order valence-electron chi connectivity index (χ2n) is 2.78. The van der Waals surface area contributed by atoms with Crippen molar-refractivity contribution in [1.29, 1.82) is 0 Å². The molecule has 1 fully saturated rings. The molecule has 1 saturated heterocycles. The van der Waals surface area contributed by atoms with E-state index in [1.807, 2.05) is 0 Å². The number of nitrogens with zero attached hydrogens (tertiary/aromatic N) is 2. The molecule has 1 atom stereocenters. The predicted octanol–water partition coefficient (Wildman–Crippen LogP) is 0.520. The van der Waals surface area contributed by atoms with Crippen LogP contribution in [0.15, 0.2) is 12.4 Å². The first-order valence-corrected chi connectivity index (χ1v) is 3.99. The molecule has 0 amide bonds. The zero-order chi connectivity index (χ0) is 8.39. The lowest BCUT2D eigenvalue weighted by Gasteiger charge is -2.26. The van der Waals surface area contributed by atoms with Crippen LogP contribution in [-0.4, -0.2) is 23.6 Å². The maximum absolute atomic E-state index is 4.97. The summed E-state index contributed by atoms with van der Waals surface area (Å²) >= 11 is 0. The summed E-state index contributed by atoms with van der Waals surface area (Å²) < 4.78 is 4.97. The van der Waals surface area contributed by atoms with E-state index in [0.29, 0.717) is 11.9 Å². The Hall–Kier alpha value is -1.16. The molecule has 1 aliphatic rings. The van der Waals surface area contributed by atoms with Crippen LogP contribution in [-0.2, 0) is 0 Å². The van der Waals surface area contributed by atoms with Crippen molar-refractivity contribution in [3.05, 3.63) is 18.1 Å². The highest BCUT2D eigenvalue weighted by Crippen LogP contribution is 2.21. The first-order valence-electron chi connectivity index (χ1n) is 3.99. The number of methoxy groups -OCH3 is 1. The molecule has 0 saturated carbocycles. The van der Waals surface area contributed by atoms with Gasteiger partial charge in [0.25, 0.3) is 0 Å². The molecule has 1 aromatic rings. The molecule has 2 rings (SSSR count). The summed E-state index contributed by atoms with van der Waals surface area (Å²) in [4.78, 5) is 8.30. The zero-order valence-electron chi connectivity index (χ0n) is 6.95. The maximum atomic E-state index is 4.97. The molecule has 1 aliphatic heterocycles. The normalized spacial score (nSPS) is 21.6. The van der Waals surface area contributed by atoms with E-state index >= 15 is 0 Å². The quantitative estimate of drug-likeness (QED) is 0.694. The van der Waals surface area contributed by atoms with E-state index in [1.165, 1.54) is 0 Å². The fourth-order valence-corrected chi connectivity index (χ4v) is 1.17. The molecule has 4 heteroatoms. The van der Waals surface area contributed by atoms with Gasteiger partial charge in [0.2, 0.25) is 5.88 Å². The summed E-state index contributed by atoms with van der Waals surface area (Å²) in [7, 11) is 1.60. The van der Waals surface area contributed by atoms with Gasteiger partial charge in [-0.1, -0.05) is 0 Å². The zero-order valence-corrected chi connectivity index (χ0v) is 6.95. The van der Waals surface area contributed by atoms with Crippen molar-refractivity contribution in [3.8, 4) is 5.88 Å². The second kappa shape index (κ2) is 3.06. The highest BCUT2D eigenvalue weighted by atomic mass is 16.5. The van der Waals surface area contributed by atoms with Crippen molar-refractivity contribution < 1.29 is 4.74 Å². The molecule has 1 aromatic heterocycles. The number of hydrogen-bond donors (Lipinski definition) is 1. The van der Waals surface area contributed by atoms with Crippen LogP contribution in [0.2, 0.25) is 0 Å². The van der Waals surface area contributed by atoms with E-state index in [9.17, 15) is 0 Å². The van der Waals surface area contributed by atoms with Crippen LogP contribution in [0.5, 0.6) is 5.88 Å². The van der Waals surface area contributed by atoms with Gasteiger partial charge >= 0.3 is 0 Å². The molecule has 0 aromatic carbocycles. The lowest BCUT2D eigenvalue weighted by molar-refractivity contribution is 0.357. The molecular formula is C8H11N3O. The van der Waals surface area contributed by atoms with Gasteiger partial charge in [-0.25, -0.2) is 4.98 Å². The number of rotatable bonds is 2. The first-order chi connectivity index (χ1) is 5.90. The van der Waals surface area contributed by atoms with Crippen molar-refractivity contribution in [1.82, 2.24) is 15.3 Å². The predicted molar refractivity (Wildman–Crippen MR) is 43.9 cm³/mol. The Balaban J connectivity index is 2.19. The van der Waals surface area contributed by atoms with Crippen molar-refractivity contribution >= 4 is 0 Å². The van der Waals surface area contributed by atoms with Crippen molar-refractivity contribution in [3.63, 3.8) is 0 Å². The molecule has 64 valence electrons. The van der Waals surface area contributed by atoms with E-state index in [1.54, 1.807) is 19.5 Å². The lowest BCUT2D eigenvalue weighted by Crippen LogP contribution is -2.35. The number of ether oxygens (including phenoxy) is 1. The monoisotopic (exact) mass is 165 g/mol. The fraction of sp³-hybridized carbons (Fsp3) is 0.500. The molecule has 0 bridgehead atoms. The van der Waals surface area contributed by atoms with Crippen LogP contribution < -0.4 is 10.1 Å². The Kier molecular flexibility index (Phi) is 1.91. The van der Waals surface area contributed by atoms with Crippen LogP contribution in [0.3, 0.4) is 0 Å². The number of aromatic nitrogens is 2. The minimum atomic E-state index is 0.382. The minimum absolute atomic E-state index is 0.382. The SMILES string of the molecule is COc1cncc(C2CCN2)n1. The van der Waals surface area contributed by atoms with Crippen molar-refractivity contribution in [2.24, 2.45) is 0 Å². The molecule has 0 radical (unpaired) electrons. The van der Waals surface area contributed by atoms with Crippen molar-refractivity contribution in [2.45, 2.75) is 12.5 Å². The van der Waals surface area contributed by atoms with E-state index in [4.69, 9.17) is 4.74 Å². The van der Waals surface area contributed by atoms with Crippen LogP contribution in [0, 0.1) is 0 Å². The molecule has 4 nitrogen and oxygen atoms in total. The summed E-state index contributed by atoms with van der Waals surface area (Å²) in [5.74, 6) is 0.584. The lowest BCUT2D eigenvalue weighted by atomic mass is 10.0. The Morgan fingerprint density at radius 2 is 2.42 bits per heavy atom. The van der Waals surface area contributed by atoms with E-state index in [0.717, 1.165) is 18.7 Å². The topological polar surface area (TPSA) is 47.0 Å². The van der Waals surface area contributed by atoms with E-state index < -0.39 is 0 Å². The summed E-state index contributed by atoms with van der Waals surface area (Å²) in [5.41, 5.74) is 0.973. The van der Waals surface area contributed by atoms with Gasteiger partial charge in [0, 0.05) is 0 Å². The van der Waals surface area contributed by atoms with Crippen LogP contribution in [0.4, 0.5) is 0 Å². The summed E-state index contributed by atoms with van der Waals surface area (Å²) in [6.45, 7) is 1.07. The average Bonchev–Trinajstić information content (AvgIpc) is 2.02. The maximum Gasteiger partial charge on any atom is 0.232 e. The third-order valence-electron chi connectivity index (χ3n) is 2.02. The minimum Gasteiger partial charge on any atom is -0.480 e. The summed E-state index contributed by atoms with van der Waals surface area (Å²) in [6, 6.07) is 0.382. The Morgan fingerprint density at radius 3 is 3.00 bits per heavy atom. The molecule has 0 spiro atoms. The smallest absolute Gasteiger partial charge is 0.232 e. The van der Waals surface area contributed by atoms with E-state index in [-0.39, 0.29) is 0 Å². The molecule has 2 heterocycles. The fourth-order valence-electron chi connectivity index (χ4n) is 1.17. The van der Waals surface area contributed by atoms with Crippen LogP contribution >= 0.6 is 0 Å². The summed E-state index contributed by atoms with van der Waals surface area (Å²) in [5, 5.41) is 3.26. The molecule has 1 N–H and O–H groups in total. The van der Waals surface area contributed by atoms with Crippen LogP contribution in [0.1, 0.15) is 18.2 Å². The third-order valence-corrected chi connectivity index (χ3v) is 2.02. The van der Waals surface area contributed by atoms with Gasteiger partial charge in [-0.2, -0.15) is 0 Å². The Labute approximate surface area is 71.0 Å². The molecular weight excluding hydrogens is 154 g/mol. The molecule has 12 heavy (non-hydrogen) atoms. The largest absolute Gasteiger partial charge is 0.480 e. The van der Waals surface area contributed by atoms with Gasteiger partial charge in [-0.05, 0) is 13.0 Å². The average molecular weight is 165 g/mol. The van der Waals surface area contributed by atoms with Crippen molar-refractivity contribution in [2.75, 3.05) is 13.7 Å². The molecule has 0 aliphatic carbocycles. The second-order valence-corrected chi connectivity index (χ2v) is 2.78. The van der Waals surface area contributed by atoms with Gasteiger partial charge in [-0.15, -0.1) is 0 Å². The number of hydrogen-bond acceptors (Lipinski definition) is 4. The van der Waals surface area contributed by atoms with Gasteiger partial charge in [0.05, 0.1) is 31.2 Å². The number of nitrogens with one attached hydrogen (secondary N) is 1. The van der Waals surface area contributed by atoms with Crippen LogP contribution in [0.25, 0.3) is 0 Å². The Morgan fingerprint density at radius 1 is 1.58 bits per heavy atom.